The topological polar surface area (TPSA) is 75.4 Å². The van der Waals surface area contributed by atoms with Gasteiger partial charge in [0.15, 0.2) is 0 Å². The number of carbonyl (C=O) groups excluding carboxylic acids is 2. The van der Waals surface area contributed by atoms with Crippen molar-refractivity contribution in [1.29, 1.82) is 0 Å². The van der Waals surface area contributed by atoms with E-state index in [0.717, 1.165) is 24.5 Å². The Bertz CT molecular complexity index is 500. The smallest absolute Gasteiger partial charge is 0.318 e. The van der Waals surface area contributed by atoms with Crippen molar-refractivity contribution < 1.29 is 9.59 Å². The normalized spacial score (nSPS) is 14.2. The van der Waals surface area contributed by atoms with Crippen LogP contribution in [0.25, 0.3) is 0 Å². The summed E-state index contributed by atoms with van der Waals surface area (Å²) in [6.07, 6.45) is 3.28. The summed E-state index contributed by atoms with van der Waals surface area (Å²) in [6.45, 7) is 1.86. The number of nitrogens with two attached hydrogens (primary N) is 1. The van der Waals surface area contributed by atoms with E-state index in [9.17, 15) is 9.59 Å². The SMILES string of the molecule is NC(=O)NC(=O)CN(CCc1ccc(Cl)cc1)CC1CC1. The van der Waals surface area contributed by atoms with Crippen molar-refractivity contribution in [1.82, 2.24) is 10.2 Å². The summed E-state index contributed by atoms with van der Waals surface area (Å²) in [6, 6.07) is 6.90. The van der Waals surface area contributed by atoms with Crippen molar-refractivity contribution in [3.8, 4) is 0 Å². The number of halogens is 1. The molecule has 6 heteroatoms. The second-order valence-corrected chi connectivity index (χ2v) is 5.90. The number of nitrogens with zero attached hydrogens (tertiary/aromatic N) is 1. The Kier molecular flexibility index (Phi) is 5.59. The number of amides is 3. The molecule has 1 aromatic carbocycles. The summed E-state index contributed by atoms with van der Waals surface area (Å²) in [5, 5.41) is 2.83. The second-order valence-electron chi connectivity index (χ2n) is 5.47. The predicted molar refractivity (Wildman–Crippen MR) is 82.0 cm³/mol. The van der Waals surface area contributed by atoms with Crippen LogP contribution in [0.5, 0.6) is 0 Å². The molecule has 1 aromatic rings. The van der Waals surface area contributed by atoms with E-state index in [2.05, 4.69) is 10.2 Å². The minimum atomic E-state index is -0.802. The first-order chi connectivity index (χ1) is 10.0. The first-order valence-corrected chi connectivity index (χ1v) is 7.47. The van der Waals surface area contributed by atoms with Gasteiger partial charge in [0.1, 0.15) is 0 Å². The van der Waals surface area contributed by atoms with E-state index in [1.807, 2.05) is 24.3 Å². The zero-order chi connectivity index (χ0) is 15.2. The fourth-order valence-corrected chi connectivity index (χ4v) is 2.34. The third-order valence-electron chi connectivity index (χ3n) is 3.47. The molecule has 1 aliphatic carbocycles. The standard InChI is InChI=1S/C15H20ClN3O2/c16-13-5-3-11(4-6-13)7-8-19(9-12-1-2-12)10-14(20)18-15(17)21/h3-6,12H,1-2,7-10H2,(H3,17,18,20,21). The maximum atomic E-state index is 11.7. The van der Waals surface area contributed by atoms with E-state index in [4.69, 9.17) is 17.3 Å². The lowest BCUT2D eigenvalue weighted by atomic mass is 10.1. The molecule has 0 saturated heterocycles. The van der Waals surface area contributed by atoms with Gasteiger partial charge in [0.2, 0.25) is 5.91 Å². The van der Waals surface area contributed by atoms with E-state index < -0.39 is 6.03 Å². The molecule has 0 bridgehead atoms. The van der Waals surface area contributed by atoms with Gasteiger partial charge in [-0.1, -0.05) is 23.7 Å². The third kappa shape index (κ3) is 6.14. The number of nitrogens with one attached hydrogen (secondary N) is 1. The van der Waals surface area contributed by atoms with Gasteiger partial charge in [-0.2, -0.15) is 0 Å². The minimum absolute atomic E-state index is 0.201. The lowest BCUT2D eigenvalue weighted by molar-refractivity contribution is -0.121. The van der Waals surface area contributed by atoms with Gasteiger partial charge in [0, 0.05) is 18.1 Å². The highest BCUT2D eigenvalue weighted by Crippen LogP contribution is 2.29. The van der Waals surface area contributed by atoms with Crippen LogP contribution in [0.3, 0.4) is 0 Å². The Morgan fingerprint density at radius 3 is 2.52 bits per heavy atom. The fraction of sp³-hybridized carbons (Fsp3) is 0.467. The minimum Gasteiger partial charge on any atom is -0.351 e. The molecule has 21 heavy (non-hydrogen) atoms. The van der Waals surface area contributed by atoms with Crippen molar-refractivity contribution >= 4 is 23.5 Å². The summed E-state index contributed by atoms with van der Waals surface area (Å²) >= 11 is 5.86. The van der Waals surface area contributed by atoms with Crippen molar-refractivity contribution in [3.05, 3.63) is 34.9 Å². The van der Waals surface area contributed by atoms with Gasteiger partial charge in [-0.15, -0.1) is 0 Å². The fourth-order valence-electron chi connectivity index (χ4n) is 2.22. The Labute approximate surface area is 129 Å². The molecule has 1 aliphatic rings. The van der Waals surface area contributed by atoms with E-state index in [0.29, 0.717) is 5.92 Å². The molecule has 0 heterocycles. The highest BCUT2D eigenvalue weighted by Gasteiger charge is 2.25. The Morgan fingerprint density at radius 2 is 1.95 bits per heavy atom. The highest BCUT2D eigenvalue weighted by molar-refractivity contribution is 6.30. The van der Waals surface area contributed by atoms with Crippen LogP contribution in [0.15, 0.2) is 24.3 Å². The number of urea groups is 1. The van der Waals surface area contributed by atoms with Gasteiger partial charge >= 0.3 is 6.03 Å². The molecule has 0 aliphatic heterocycles. The Balaban J connectivity index is 1.84. The molecule has 0 unspecified atom stereocenters. The summed E-state index contributed by atoms with van der Waals surface area (Å²) < 4.78 is 0. The number of hydrogen-bond donors (Lipinski definition) is 2. The largest absolute Gasteiger partial charge is 0.351 e. The Morgan fingerprint density at radius 1 is 1.29 bits per heavy atom. The molecule has 0 radical (unpaired) electrons. The van der Waals surface area contributed by atoms with Crippen LogP contribution in [0.2, 0.25) is 5.02 Å². The second kappa shape index (κ2) is 7.43. The zero-order valence-corrected chi connectivity index (χ0v) is 12.6. The van der Waals surface area contributed by atoms with Crippen molar-refractivity contribution in [2.75, 3.05) is 19.6 Å². The van der Waals surface area contributed by atoms with Gasteiger partial charge in [-0.25, -0.2) is 4.79 Å². The van der Waals surface area contributed by atoms with Crippen LogP contribution < -0.4 is 11.1 Å². The maximum absolute atomic E-state index is 11.7. The molecule has 0 spiro atoms. The molecule has 114 valence electrons. The molecule has 2 rings (SSSR count). The lowest BCUT2D eigenvalue weighted by Gasteiger charge is -2.21. The van der Waals surface area contributed by atoms with Crippen LogP contribution in [0, 0.1) is 5.92 Å². The van der Waals surface area contributed by atoms with Crippen molar-refractivity contribution in [2.45, 2.75) is 19.3 Å². The van der Waals surface area contributed by atoms with E-state index in [1.165, 1.54) is 18.4 Å². The monoisotopic (exact) mass is 309 g/mol. The zero-order valence-electron chi connectivity index (χ0n) is 11.8. The van der Waals surface area contributed by atoms with E-state index in [1.54, 1.807) is 0 Å². The Hall–Kier alpha value is -1.59. The summed E-state index contributed by atoms with van der Waals surface area (Å²) in [5.41, 5.74) is 6.14. The highest BCUT2D eigenvalue weighted by atomic mass is 35.5. The summed E-state index contributed by atoms with van der Waals surface area (Å²) in [5.74, 6) is 0.329. The molecule has 3 N–H and O–H groups in total. The van der Waals surface area contributed by atoms with Gasteiger partial charge < -0.3 is 5.73 Å². The maximum Gasteiger partial charge on any atom is 0.318 e. The molecule has 0 atom stereocenters. The number of rotatable bonds is 7. The van der Waals surface area contributed by atoms with Crippen LogP contribution in [-0.2, 0) is 11.2 Å². The molecular formula is C15H20ClN3O2. The molecule has 5 nitrogen and oxygen atoms in total. The number of carbonyl (C=O) groups is 2. The third-order valence-corrected chi connectivity index (χ3v) is 3.73. The average molecular weight is 310 g/mol. The van der Waals surface area contributed by atoms with E-state index >= 15 is 0 Å². The first kappa shape index (κ1) is 15.8. The number of benzene rings is 1. The molecule has 0 aromatic heterocycles. The van der Waals surface area contributed by atoms with Gasteiger partial charge in [0.05, 0.1) is 6.54 Å². The van der Waals surface area contributed by atoms with Crippen LogP contribution >= 0.6 is 11.6 Å². The number of imide groups is 1. The van der Waals surface area contributed by atoms with Crippen LogP contribution in [0.1, 0.15) is 18.4 Å². The lowest BCUT2D eigenvalue weighted by Crippen LogP contribution is -2.43. The van der Waals surface area contributed by atoms with Gasteiger partial charge in [0.25, 0.3) is 0 Å². The predicted octanol–water partition coefficient (Wildman–Crippen LogP) is 1.79. The van der Waals surface area contributed by atoms with E-state index in [-0.39, 0.29) is 12.5 Å². The summed E-state index contributed by atoms with van der Waals surface area (Å²) in [4.78, 5) is 24.4. The van der Waals surface area contributed by atoms with Crippen molar-refractivity contribution in [3.63, 3.8) is 0 Å². The van der Waals surface area contributed by atoms with Crippen LogP contribution in [0.4, 0.5) is 4.79 Å². The molecular weight excluding hydrogens is 290 g/mol. The quantitative estimate of drug-likeness (QED) is 0.806. The van der Waals surface area contributed by atoms with Crippen molar-refractivity contribution in [2.24, 2.45) is 11.7 Å². The average Bonchev–Trinajstić information content (AvgIpc) is 3.20. The molecule has 1 fully saturated rings. The molecule has 1 saturated carbocycles. The summed E-state index contributed by atoms with van der Waals surface area (Å²) in [7, 11) is 0. The van der Waals surface area contributed by atoms with Gasteiger partial charge in [-0.3, -0.25) is 15.0 Å². The van der Waals surface area contributed by atoms with Gasteiger partial charge in [-0.05, 0) is 42.9 Å². The van der Waals surface area contributed by atoms with Crippen LogP contribution in [-0.4, -0.2) is 36.5 Å². The molecule has 3 amide bonds. The number of primary amides is 1. The number of hydrogen-bond acceptors (Lipinski definition) is 3. The first-order valence-electron chi connectivity index (χ1n) is 7.09.